The lowest BCUT2D eigenvalue weighted by Gasteiger charge is -1.97. The highest BCUT2D eigenvalue weighted by molar-refractivity contribution is 7.18. The molecule has 0 aliphatic carbocycles. The summed E-state index contributed by atoms with van der Waals surface area (Å²) < 4.78 is 6.50. The van der Waals surface area contributed by atoms with E-state index in [1.807, 2.05) is 12.1 Å². The molecule has 2 nitrogen and oxygen atoms in total. The van der Waals surface area contributed by atoms with Gasteiger partial charge in [0.2, 0.25) is 0 Å². The average Bonchev–Trinajstić information content (AvgIpc) is 2.75. The number of hydrogen-bond donors (Lipinski definition) is 1. The maximum absolute atomic E-state index is 5.18. The number of ether oxygens (including phenoxy) is 1. The zero-order valence-electron chi connectivity index (χ0n) is 7.70. The Morgan fingerprint density at radius 2 is 2.14 bits per heavy atom. The lowest BCUT2D eigenvalue weighted by Crippen LogP contribution is -1.80. The van der Waals surface area contributed by atoms with Gasteiger partial charge in [-0.2, -0.15) is 0 Å². The van der Waals surface area contributed by atoms with Gasteiger partial charge in [0.05, 0.1) is 22.8 Å². The number of hydrogen-bond acceptors (Lipinski definition) is 2. The molecule has 0 fully saturated rings. The number of rotatable bonds is 1. The Bertz CT molecular complexity index is 593. The predicted molar refractivity (Wildman–Crippen MR) is 60.2 cm³/mol. The van der Waals surface area contributed by atoms with Crippen LogP contribution >= 0.6 is 11.3 Å². The molecule has 0 amide bonds. The number of aromatic nitrogens is 1. The van der Waals surface area contributed by atoms with Crippen LogP contribution in [-0.2, 0) is 0 Å². The summed E-state index contributed by atoms with van der Waals surface area (Å²) >= 11 is 1.76. The lowest BCUT2D eigenvalue weighted by atomic mass is 10.2. The molecule has 3 heteroatoms. The summed E-state index contributed by atoms with van der Waals surface area (Å²) in [5.74, 6) is 0.895. The van der Waals surface area contributed by atoms with E-state index in [4.69, 9.17) is 4.74 Å². The molecule has 0 saturated carbocycles. The number of methoxy groups -OCH3 is 1. The molecule has 2 heterocycles. The summed E-state index contributed by atoms with van der Waals surface area (Å²) in [5, 5.41) is 3.38. The molecule has 3 rings (SSSR count). The number of benzene rings is 1. The summed E-state index contributed by atoms with van der Waals surface area (Å²) in [4.78, 5) is 3.36. The van der Waals surface area contributed by atoms with Crippen LogP contribution < -0.4 is 4.74 Å². The van der Waals surface area contributed by atoms with Gasteiger partial charge in [-0.3, -0.25) is 0 Å². The second-order valence-corrected chi connectivity index (χ2v) is 4.12. The third-order valence-corrected chi connectivity index (χ3v) is 3.35. The maximum Gasteiger partial charge on any atom is 0.120 e. The number of fused-ring (bicyclic) bond motifs is 3. The van der Waals surface area contributed by atoms with E-state index in [1.165, 1.54) is 15.6 Å². The molecule has 1 aromatic carbocycles. The minimum atomic E-state index is 0.895. The van der Waals surface area contributed by atoms with Crippen LogP contribution in [0.15, 0.2) is 29.6 Å². The van der Waals surface area contributed by atoms with E-state index in [0.29, 0.717) is 0 Å². The van der Waals surface area contributed by atoms with Crippen LogP contribution in [-0.4, -0.2) is 12.1 Å². The summed E-state index contributed by atoms with van der Waals surface area (Å²) in [6.07, 6.45) is 0. The SMILES string of the molecule is COc1ccc2c(c1)[nH]c1ccsc12. The van der Waals surface area contributed by atoms with Crippen LogP contribution in [0.2, 0.25) is 0 Å². The fourth-order valence-electron chi connectivity index (χ4n) is 1.71. The van der Waals surface area contributed by atoms with Gasteiger partial charge in [-0.1, -0.05) is 0 Å². The van der Waals surface area contributed by atoms with Crippen LogP contribution in [0, 0.1) is 0 Å². The number of nitrogens with one attached hydrogen (secondary N) is 1. The van der Waals surface area contributed by atoms with E-state index < -0.39 is 0 Å². The van der Waals surface area contributed by atoms with Crippen molar-refractivity contribution in [1.29, 1.82) is 0 Å². The van der Waals surface area contributed by atoms with E-state index in [0.717, 1.165) is 11.3 Å². The molecule has 0 saturated heterocycles. The Morgan fingerprint density at radius 1 is 1.21 bits per heavy atom. The van der Waals surface area contributed by atoms with Gasteiger partial charge >= 0.3 is 0 Å². The van der Waals surface area contributed by atoms with Gasteiger partial charge in [-0.15, -0.1) is 11.3 Å². The van der Waals surface area contributed by atoms with Crippen molar-refractivity contribution in [2.45, 2.75) is 0 Å². The minimum absolute atomic E-state index is 0.895. The zero-order chi connectivity index (χ0) is 9.54. The van der Waals surface area contributed by atoms with Gasteiger partial charge in [0.15, 0.2) is 0 Å². The van der Waals surface area contributed by atoms with Crippen molar-refractivity contribution in [3.05, 3.63) is 29.6 Å². The summed E-state index contributed by atoms with van der Waals surface area (Å²) in [5.41, 5.74) is 2.35. The van der Waals surface area contributed by atoms with Crippen LogP contribution in [0.4, 0.5) is 0 Å². The van der Waals surface area contributed by atoms with Crippen LogP contribution in [0.5, 0.6) is 5.75 Å². The molecule has 14 heavy (non-hydrogen) atoms. The topological polar surface area (TPSA) is 25.0 Å². The van der Waals surface area contributed by atoms with E-state index in [1.54, 1.807) is 18.4 Å². The van der Waals surface area contributed by atoms with Crippen molar-refractivity contribution in [2.24, 2.45) is 0 Å². The average molecular weight is 203 g/mol. The molecular formula is C11H9NOS. The molecule has 0 radical (unpaired) electrons. The van der Waals surface area contributed by atoms with Gasteiger partial charge < -0.3 is 9.72 Å². The Kier molecular flexibility index (Phi) is 1.55. The maximum atomic E-state index is 5.18. The summed E-state index contributed by atoms with van der Waals surface area (Å²) in [6, 6.07) is 8.23. The normalized spacial score (nSPS) is 11.2. The third kappa shape index (κ3) is 0.960. The highest BCUT2D eigenvalue weighted by Crippen LogP contribution is 2.31. The van der Waals surface area contributed by atoms with Crippen LogP contribution in [0.3, 0.4) is 0 Å². The van der Waals surface area contributed by atoms with Gasteiger partial charge in [0, 0.05) is 11.5 Å². The van der Waals surface area contributed by atoms with Crippen molar-refractivity contribution in [1.82, 2.24) is 4.98 Å². The van der Waals surface area contributed by atoms with Crippen LogP contribution in [0.1, 0.15) is 0 Å². The van der Waals surface area contributed by atoms with Gasteiger partial charge in [-0.05, 0) is 23.6 Å². The highest BCUT2D eigenvalue weighted by atomic mass is 32.1. The molecule has 0 spiro atoms. The minimum Gasteiger partial charge on any atom is -0.497 e. The van der Waals surface area contributed by atoms with Crippen molar-refractivity contribution in [3.63, 3.8) is 0 Å². The number of aromatic amines is 1. The van der Waals surface area contributed by atoms with E-state index in [-0.39, 0.29) is 0 Å². The Balaban J connectivity index is 2.43. The van der Waals surface area contributed by atoms with Gasteiger partial charge in [0.1, 0.15) is 5.75 Å². The molecule has 0 aliphatic rings. The van der Waals surface area contributed by atoms with Crippen molar-refractivity contribution in [3.8, 4) is 5.75 Å². The fourth-order valence-corrected chi connectivity index (χ4v) is 2.60. The van der Waals surface area contributed by atoms with Gasteiger partial charge in [-0.25, -0.2) is 0 Å². The number of H-pyrrole nitrogens is 1. The molecule has 1 N–H and O–H groups in total. The first-order valence-electron chi connectivity index (χ1n) is 4.41. The second-order valence-electron chi connectivity index (χ2n) is 3.20. The largest absolute Gasteiger partial charge is 0.497 e. The first-order chi connectivity index (χ1) is 6.88. The van der Waals surface area contributed by atoms with E-state index in [2.05, 4.69) is 22.5 Å². The Hall–Kier alpha value is -1.48. The molecular weight excluding hydrogens is 194 g/mol. The van der Waals surface area contributed by atoms with Crippen molar-refractivity contribution < 1.29 is 4.74 Å². The molecule has 0 atom stereocenters. The monoisotopic (exact) mass is 203 g/mol. The first kappa shape index (κ1) is 7.88. The summed E-state index contributed by atoms with van der Waals surface area (Å²) in [6.45, 7) is 0. The molecule has 3 aromatic rings. The predicted octanol–water partition coefficient (Wildman–Crippen LogP) is 3.39. The fraction of sp³-hybridized carbons (Fsp3) is 0.0909. The van der Waals surface area contributed by atoms with Crippen molar-refractivity contribution >= 4 is 32.5 Å². The molecule has 0 bridgehead atoms. The molecule has 0 aliphatic heterocycles. The lowest BCUT2D eigenvalue weighted by molar-refractivity contribution is 0.415. The third-order valence-electron chi connectivity index (χ3n) is 2.41. The standard InChI is InChI=1S/C11H9NOS/c1-13-7-2-3-8-10(6-7)12-9-4-5-14-11(8)9/h2-6,12H,1H3. The quantitative estimate of drug-likeness (QED) is 0.644. The first-order valence-corrected chi connectivity index (χ1v) is 5.29. The molecule has 70 valence electrons. The Morgan fingerprint density at radius 3 is 3.00 bits per heavy atom. The Labute approximate surface area is 85.1 Å². The molecule has 0 unspecified atom stereocenters. The molecule has 2 aromatic heterocycles. The summed E-state index contributed by atoms with van der Waals surface area (Å²) in [7, 11) is 1.69. The number of thiophene rings is 1. The van der Waals surface area contributed by atoms with Gasteiger partial charge in [0.25, 0.3) is 0 Å². The smallest absolute Gasteiger partial charge is 0.120 e. The second kappa shape index (κ2) is 2.75. The zero-order valence-corrected chi connectivity index (χ0v) is 8.52. The van der Waals surface area contributed by atoms with Crippen molar-refractivity contribution in [2.75, 3.05) is 7.11 Å². The van der Waals surface area contributed by atoms with Crippen LogP contribution in [0.25, 0.3) is 21.1 Å². The van der Waals surface area contributed by atoms with E-state index >= 15 is 0 Å². The highest BCUT2D eigenvalue weighted by Gasteiger charge is 2.05. The van der Waals surface area contributed by atoms with E-state index in [9.17, 15) is 0 Å².